The second-order valence-electron chi connectivity index (χ2n) is 6.16. The minimum atomic E-state index is 0. The molecule has 1 aromatic heterocycles. The summed E-state index contributed by atoms with van der Waals surface area (Å²) in [7, 11) is 0. The Kier molecular flexibility index (Phi) is 4.68. The molecule has 0 aliphatic carbocycles. The lowest BCUT2D eigenvalue weighted by Crippen LogP contribution is -2.39. The molecule has 0 radical (unpaired) electrons. The minimum absolute atomic E-state index is 0. The van der Waals surface area contributed by atoms with Gasteiger partial charge >= 0.3 is 0 Å². The van der Waals surface area contributed by atoms with Crippen LogP contribution in [-0.4, -0.2) is 45.8 Å². The summed E-state index contributed by atoms with van der Waals surface area (Å²) in [6.07, 6.45) is 5.31. The summed E-state index contributed by atoms with van der Waals surface area (Å²) >= 11 is 0. The number of halogens is 1. The molecule has 122 valence electrons. The van der Waals surface area contributed by atoms with Crippen LogP contribution in [0.3, 0.4) is 0 Å². The smallest absolute Gasteiger partial charge is 0.274 e. The Morgan fingerprint density at radius 2 is 1.87 bits per heavy atom. The van der Waals surface area contributed by atoms with Gasteiger partial charge in [0.15, 0.2) is 5.69 Å². The number of para-hydroxylation sites is 1. The third-order valence-electron chi connectivity index (χ3n) is 4.64. The molecule has 2 saturated heterocycles. The highest BCUT2D eigenvalue weighted by Gasteiger charge is 2.32. The molecule has 3 heterocycles. The van der Waals surface area contributed by atoms with Crippen molar-refractivity contribution < 1.29 is 4.79 Å². The van der Waals surface area contributed by atoms with E-state index in [9.17, 15) is 4.79 Å². The fourth-order valence-electron chi connectivity index (χ4n) is 3.45. The quantitative estimate of drug-likeness (QED) is 0.917. The molecule has 2 aliphatic heterocycles. The van der Waals surface area contributed by atoms with E-state index in [1.807, 2.05) is 47.5 Å². The highest BCUT2D eigenvalue weighted by molar-refractivity contribution is 5.92. The number of nitrogens with one attached hydrogen (secondary N) is 1. The molecule has 1 aromatic carbocycles. The maximum atomic E-state index is 12.7. The molecule has 2 unspecified atom stereocenters. The standard InChI is InChI=1S/C17H20N4O.ClH/c22-17(20-10-8-13-6-7-14(12-20)18-13)16-9-11-21(19-16)15-4-2-1-3-5-15;/h1-5,9,11,13-14,18H,6-8,10,12H2;1H. The van der Waals surface area contributed by atoms with Crippen LogP contribution >= 0.6 is 12.4 Å². The van der Waals surface area contributed by atoms with Crippen LogP contribution in [0.4, 0.5) is 0 Å². The molecule has 6 heteroatoms. The Morgan fingerprint density at radius 3 is 2.70 bits per heavy atom. The molecule has 1 amide bonds. The predicted molar refractivity (Wildman–Crippen MR) is 91.3 cm³/mol. The predicted octanol–water partition coefficient (Wildman–Crippen LogP) is 2.26. The normalized spacial score (nSPS) is 23.2. The van der Waals surface area contributed by atoms with Gasteiger partial charge in [-0.15, -0.1) is 12.4 Å². The molecule has 2 aliphatic rings. The van der Waals surface area contributed by atoms with Crippen molar-refractivity contribution in [2.45, 2.75) is 31.3 Å². The first-order chi connectivity index (χ1) is 10.8. The molecule has 0 spiro atoms. The molecule has 23 heavy (non-hydrogen) atoms. The number of carbonyl (C=O) groups is 1. The Morgan fingerprint density at radius 1 is 1.09 bits per heavy atom. The van der Waals surface area contributed by atoms with Gasteiger partial charge in [-0.1, -0.05) is 18.2 Å². The van der Waals surface area contributed by atoms with Crippen molar-refractivity contribution in [2.75, 3.05) is 13.1 Å². The summed E-state index contributed by atoms with van der Waals surface area (Å²) < 4.78 is 1.76. The molecule has 2 bridgehead atoms. The average Bonchev–Trinajstić information content (AvgIpc) is 3.14. The lowest BCUT2D eigenvalue weighted by molar-refractivity contribution is 0.0742. The van der Waals surface area contributed by atoms with Gasteiger partial charge in [-0.25, -0.2) is 4.68 Å². The Balaban J connectivity index is 0.00000156. The van der Waals surface area contributed by atoms with E-state index in [1.165, 1.54) is 12.8 Å². The van der Waals surface area contributed by atoms with E-state index in [0.29, 0.717) is 17.8 Å². The van der Waals surface area contributed by atoms with Crippen LogP contribution in [0, 0.1) is 0 Å². The van der Waals surface area contributed by atoms with Gasteiger partial charge in [0.1, 0.15) is 0 Å². The number of fused-ring (bicyclic) bond motifs is 2. The third-order valence-corrected chi connectivity index (χ3v) is 4.64. The number of carbonyl (C=O) groups excluding carboxylic acids is 1. The van der Waals surface area contributed by atoms with Crippen LogP contribution in [-0.2, 0) is 0 Å². The molecule has 5 nitrogen and oxygen atoms in total. The number of rotatable bonds is 2. The highest BCUT2D eigenvalue weighted by atomic mass is 35.5. The zero-order chi connectivity index (χ0) is 14.9. The topological polar surface area (TPSA) is 50.2 Å². The second-order valence-corrected chi connectivity index (χ2v) is 6.16. The second kappa shape index (κ2) is 6.72. The van der Waals surface area contributed by atoms with Crippen molar-refractivity contribution in [2.24, 2.45) is 0 Å². The van der Waals surface area contributed by atoms with Crippen molar-refractivity contribution in [3.63, 3.8) is 0 Å². The lowest BCUT2D eigenvalue weighted by Gasteiger charge is -2.23. The summed E-state index contributed by atoms with van der Waals surface area (Å²) in [5.74, 6) is 0.0454. The SMILES string of the molecule is Cl.O=C(c1ccn(-c2ccccc2)n1)N1CCC2CCC(C1)N2. The van der Waals surface area contributed by atoms with Gasteiger partial charge in [0.2, 0.25) is 0 Å². The van der Waals surface area contributed by atoms with Crippen molar-refractivity contribution in [1.82, 2.24) is 20.0 Å². The van der Waals surface area contributed by atoms with Crippen LogP contribution < -0.4 is 5.32 Å². The number of benzene rings is 1. The summed E-state index contributed by atoms with van der Waals surface area (Å²) in [5.41, 5.74) is 1.50. The van der Waals surface area contributed by atoms with Crippen LogP contribution in [0.25, 0.3) is 5.69 Å². The lowest BCUT2D eigenvalue weighted by atomic mass is 10.1. The molecule has 4 rings (SSSR count). The van der Waals surface area contributed by atoms with E-state index in [0.717, 1.165) is 25.2 Å². The summed E-state index contributed by atoms with van der Waals surface area (Å²) in [6, 6.07) is 12.7. The largest absolute Gasteiger partial charge is 0.336 e. The van der Waals surface area contributed by atoms with Crippen LogP contribution in [0.1, 0.15) is 29.8 Å². The number of likely N-dealkylation sites (tertiary alicyclic amines) is 1. The van der Waals surface area contributed by atoms with E-state index < -0.39 is 0 Å². The number of hydrogen-bond donors (Lipinski definition) is 1. The van der Waals surface area contributed by atoms with Gasteiger partial charge in [-0.05, 0) is 37.5 Å². The fraction of sp³-hybridized carbons (Fsp3) is 0.412. The van der Waals surface area contributed by atoms with Gasteiger partial charge < -0.3 is 10.2 Å². The summed E-state index contributed by atoms with van der Waals surface area (Å²) in [6.45, 7) is 1.62. The van der Waals surface area contributed by atoms with E-state index >= 15 is 0 Å². The molecule has 2 fully saturated rings. The number of amides is 1. The van der Waals surface area contributed by atoms with Gasteiger partial charge in [-0.2, -0.15) is 5.10 Å². The number of hydrogen-bond acceptors (Lipinski definition) is 3. The van der Waals surface area contributed by atoms with Gasteiger partial charge in [-0.3, -0.25) is 4.79 Å². The van der Waals surface area contributed by atoms with E-state index in [2.05, 4.69) is 10.4 Å². The molecule has 2 atom stereocenters. The van der Waals surface area contributed by atoms with Crippen molar-refractivity contribution in [3.05, 3.63) is 48.3 Å². The molecule has 2 aromatic rings. The first-order valence-electron chi connectivity index (χ1n) is 7.96. The molecular weight excluding hydrogens is 312 g/mol. The van der Waals surface area contributed by atoms with Crippen LogP contribution in [0.2, 0.25) is 0 Å². The zero-order valence-electron chi connectivity index (χ0n) is 12.9. The van der Waals surface area contributed by atoms with Crippen molar-refractivity contribution in [1.29, 1.82) is 0 Å². The van der Waals surface area contributed by atoms with E-state index in [1.54, 1.807) is 4.68 Å². The monoisotopic (exact) mass is 332 g/mol. The van der Waals surface area contributed by atoms with Crippen molar-refractivity contribution >= 4 is 18.3 Å². The number of aromatic nitrogens is 2. The maximum Gasteiger partial charge on any atom is 0.274 e. The molecule has 1 N–H and O–H groups in total. The van der Waals surface area contributed by atoms with E-state index in [-0.39, 0.29) is 18.3 Å². The molecule has 0 saturated carbocycles. The first-order valence-corrected chi connectivity index (χ1v) is 7.96. The van der Waals surface area contributed by atoms with Crippen LogP contribution in [0.15, 0.2) is 42.6 Å². The fourth-order valence-corrected chi connectivity index (χ4v) is 3.45. The van der Waals surface area contributed by atoms with Crippen molar-refractivity contribution in [3.8, 4) is 5.69 Å². The Labute approximate surface area is 142 Å². The Hall–Kier alpha value is -1.85. The highest BCUT2D eigenvalue weighted by Crippen LogP contribution is 2.21. The third kappa shape index (κ3) is 3.26. The average molecular weight is 333 g/mol. The van der Waals surface area contributed by atoms with Gasteiger partial charge in [0.05, 0.1) is 5.69 Å². The minimum Gasteiger partial charge on any atom is -0.336 e. The van der Waals surface area contributed by atoms with Crippen LogP contribution in [0.5, 0.6) is 0 Å². The summed E-state index contributed by atoms with van der Waals surface area (Å²) in [4.78, 5) is 14.6. The Bertz CT molecular complexity index is 672. The maximum absolute atomic E-state index is 12.7. The van der Waals surface area contributed by atoms with Gasteiger partial charge in [0.25, 0.3) is 5.91 Å². The molecular formula is C17H21ClN4O. The zero-order valence-corrected chi connectivity index (χ0v) is 13.7. The first kappa shape index (κ1) is 16.0. The van der Waals surface area contributed by atoms with Gasteiger partial charge in [0, 0.05) is 31.4 Å². The summed E-state index contributed by atoms with van der Waals surface area (Å²) in [5, 5.41) is 8.05. The number of nitrogens with zero attached hydrogens (tertiary/aromatic N) is 3. The van der Waals surface area contributed by atoms with E-state index in [4.69, 9.17) is 0 Å².